The van der Waals surface area contributed by atoms with Gasteiger partial charge in [-0.15, -0.1) is 0 Å². The second-order valence-electron chi connectivity index (χ2n) is 5.98. The fraction of sp³-hybridized carbons (Fsp3) is 0.294. The SMILES string of the molecule is CC1(C)Cc2cc(C(O)c3ccc(Br)c(F)c3)ccc2O1. The summed E-state index contributed by atoms with van der Waals surface area (Å²) in [6.45, 7) is 4.07. The topological polar surface area (TPSA) is 29.5 Å². The minimum absolute atomic E-state index is 0.213. The second kappa shape index (κ2) is 5.11. The summed E-state index contributed by atoms with van der Waals surface area (Å²) in [5.74, 6) is 0.482. The Balaban J connectivity index is 1.93. The minimum Gasteiger partial charge on any atom is -0.487 e. The van der Waals surface area contributed by atoms with Crippen molar-refractivity contribution in [3.05, 3.63) is 63.4 Å². The first-order chi connectivity index (χ1) is 9.85. The Bertz CT molecular complexity index is 697. The van der Waals surface area contributed by atoms with E-state index in [1.54, 1.807) is 12.1 Å². The number of ether oxygens (including phenoxy) is 1. The third kappa shape index (κ3) is 2.83. The Morgan fingerprint density at radius 1 is 1.19 bits per heavy atom. The quantitative estimate of drug-likeness (QED) is 0.870. The predicted molar refractivity (Wildman–Crippen MR) is 83.0 cm³/mol. The standard InChI is InChI=1S/C17H16BrFO2/c1-17(2)9-12-7-10(4-6-15(12)21-17)16(20)11-3-5-13(18)14(19)8-11/h3-8,16,20H,9H2,1-2H3. The van der Waals surface area contributed by atoms with Crippen molar-refractivity contribution in [3.8, 4) is 5.75 Å². The van der Waals surface area contributed by atoms with Gasteiger partial charge >= 0.3 is 0 Å². The van der Waals surface area contributed by atoms with Gasteiger partial charge in [0.15, 0.2) is 0 Å². The summed E-state index contributed by atoms with van der Waals surface area (Å²) in [4.78, 5) is 0. The van der Waals surface area contributed by atoms with Crippen LogP contribution in [0.15, 0.2) is 40.9 Å². The molecule has 3 rings (SSSR count). The molecule has 0 amide bonds. The molecule has 1 unspecified atom stereocenters. The van der Waals surface area contributed by atoms with Crippen LogP contribution < -0.4 is 4.74 Å². The average Bonchev–Trinajstić information content (AvgIpc) is 2.73. The number of aliphatic hydroxyl groups excluding tert-OH is 1. The lowest BCUT2D eigenvalue weighted by molar-refractivity contribution is 0.138. The highest BCUT2D eigenvalue weighted by Crippen LogP contribution is 2.37. The summed E-state index contributed by atoms with van der Waals surface area (Å²) in [6, 6.07) is 10.3. The van der Waals surface area contributed by atoms with E-state index in [1.807, 2.05) is 32.0 Å². The van der Waals surface area contributed by atoms with Gasteiger partial charge in [0.2, 0.25) is 0 Å². The van der Waals surface area contributed by atoms with Gasteiger partial charge in [-0.25, -0.2) is 4.39 Å². The Morgan fingerprint density at radius 3 is 2.57 bits per heavy atom. The average molecular weight is 351 g/mol. The monoisotopic (exact) mass is 350 g/mol. The Morgan fingerprint density at radius 2 is 1.86 bits per heavy atom. The van der Waals surface area contributed by atoms with E-state index in [2.05, 4.69) is 15.9 Å². The molecule has 2 aromatic carbocycles. The molecule has 110 valence electrons. The molecule has 0 aliphatic carbocycles. The molecule has 0 aromatic heterocycles. The lowest BCUT2D eigenvalue weighted by atomic mass is 9.96. The van der Waals surface area contributed by atoms with Crippen LogP contribution in [0.4, 0.5) is 4.39 Å². The number of hydrogen-bond donors (Lipinski definition) is 1. The molecule has 2 nitrogen and oxygen atoms in total. The molecule has 1 heterocycles. The fourth-order valence-corrected chi connectivity index (χ4v) is 2.92. The van der Waals surface area contributed by atoms with E-state index in [1.165, 1.54) is 6.07 Å². The van der Waals surface area contributed by atoms with E-state index in [4.69, 9.17) is 4.74 Å². The van der Waals surface area contributed by atoms with Crippen molar-refractivity contribution in [2.24, 2.45) is 0 Å². The Kier molecular flexibility index (Phi) is 3.54. The summed E-state index contributed by atoms with van der Waals surface area (Å²) in [5, 5.41) is 10.4. The first kappa shape index (κ1) is 14.5. The van der Waals surface area contributed by atoms with Gasteiger partial charge < -0.3 is 9.84 Å². The minimum atomic E-state index is -0.846. The maximum Gasteiger partial charge on any atom is 0.137 e. The number of fused-ring (bicyclic) bond motifs is 1. The van der Waals surface area contributed by atoms with E-state index in [9.17, 15) is 9.50 Å². The molecule has 1 atom stereocenters. The summed E-state index contributed by atoms with van der Waals surface area (Å²) in [6.07, 6.45) is -0.0426. The smallest absolute Gasteiger partial charge is 0.137 e. The van der Waals surface area contributed by atoms with Crippen molar-refractivity contribution >= 4 is 15.9 Å². The Hall–Kier alpha value is -1.39. The first-order valence-electron chi connectivity index (χ1n) is 6.80. The second-order valence-corrected chi connectivity index (χ2v) is 6.84. The molecule has 0 spiro atoms. The normalized spacial score (nSPS) is 17.2. The summed E-state index contributed by atoms with van der Waals surface area (Å²) >= 11 is 3.11. The molecule has 0 radical (unpaired) electrons. The third-order valence-electron chi connectivity index (χ3n) is 3.66. The van der Waals surface area contributed by atoms with E-state index in [0.717, 1.165) is 23.3 Å². The summed E-state index contributed by atoms with van der Waals surface area (Å²) in [5.41, 5.74) is 2.15. The van der Waals surface area contributed by atoms with Gasteiger partial charge in [0.1, 0.15) is 23.3 Å². The van der Waals surface area contributed by atoms with E-state index < -0.39 is 6.10 Å². The van der Waals surface area contributed by atoms with Crippen molar-refractivity contribution < 1.29 is 14.2 Å². The van der Waals surface area contributed by atoms with Crippen molar-refractivity contribution in [1.29, 1.82) is 0 Å². The van der Waals surface area contributed by atoms with Crippen LogP contribution in [0.25, 0.3) is 0 Å². The number of benzene rings is 2. The lowest BCUT2D eigenvalue weighted by Gasteiger charge is -2.16. The van der Waals surface area contributed by atoms with Gasteiger partial charge in [-0.3, -0.25) is 0 Å². The van der Waals surface area contributed by atoms with Crippen LogP contribution >= 0.6 is 15.9 Å². The van der Waals surface area contributed by atoms with Crippen LogP contribution in [-0.2, 0) is 6.42 Å². The zero-order chi connectivity index (χ0) is 15.2. The van der Waals surface area contributed by atoms with Crippen molar-refractivity contribution in [2.75, 3.05) is 0 Å². The van der Waals surface area contributed by atoms with Crippen LogP contribution in [0.1, 0.15) is 36.6 Å². The molecular weight excluding hydrogens is 335 g/mol. The fourth-order valence-electron chi connectivity index (χ4n) is 2.67. The molecule has 1 aliphatic heterocycles. The van der Waals surface area contributed by atoms with E-state index >= 15 is 0 Å². The van der Waals surface area contributed by atoms with Gasteiger partial charge in [0, 0.05) is 6.42 Å². The van der Waals surface area contributed by atoms with Gasteiger partial charge in [-0.1, -0.05) is 12.1 Å². The first-order valence-corrected chi connectivity index (χ1v) is 7.60. The number of aliphatic hydroxyl groups is 1. The zero-order valence-electron chi connectivity index (χ0n) is 11.9. The molecule has 0 saturated carbocycles. The summed E-state index contributed by atoms with van der Waals surface area (Å²) in [7, 11) is 0. The van der Waals surface area contributed by atoms with Gasteiger partial charge in [-0.2, -0.15) is 0 Å². The van der Waals surface area contributed by atoms with Crippen LogP contribution in [0.2, 0.25) is 0 Å². The Labute approximate surface area is 131 Å². The number of halogens is 2. The predicted octanol–water partition coefficient (Wildman–Crippen LogP) is 4.38. The largest absolute Gasteiger partial charge is 0.487 e. The maximum absolute atomic E-state index is 13.6. The van der Waals surface area contributed by atoms with Gasteiger partial charge in [0.25, 0.3) is 0 Å². The lowest BCUT2D eigenvalue weighted by Crippen LogP contribution is -2.24. The molecule has 0 saturated heterocycles. The number of hydrogen-bond acceptors (Lipinski definition) is 2. The summed E-state index contributed by atoms with van der Waals surface area (Å²) < 4.78 is 19.8. The highest BCUT2D eigenvalue weighted by molar-refractivity contribution is 9.10. The molecule has 0 bridgehead atoms. The van der Waals surface area contributed by atoms with Crippen molar-refractivity contribution in [1.82, 2.24) is 0 Å². The highest BCUT2D eigenvalue weighted by atomic mass is 79.9. The molecule has 1 aliphatic rings. The molecule has 0 fully saturated rings. The maximum atomic E-state index is 13.6. The van der Waals surface area contributed by atoms with E-state index in [-0.39, 0.29) is 11.4 Å². The molecule has 4 heteroatoms. The van der Waals surface area contributed by atoms with Crippen molar-refractivity contribution in [3.63, 3.8) is 0 Å². The van der Waals surface area contributed by atoms with Gasteiger partial charge in [-0.05, 0) is 70.7 Å². The molecule has 21 heavy (non-hydrogen) atoms. The zero-order valence-corrected chi connectivity index (χ0v) is 13.4. The van der Waals surface area contributed by atoms with Crippen LogP contribution in [0.3, 0.4) is 0 Å². The third-order valence-corrected chi connectivity index (χ3v) is 4.31. The van der Waals surface area contributed by atoms with Crippen LogP contribution in [0.5, 0.6) is 5.75 Å². The molecular formula is C17H16BrFO2. The van der Waals surface area contributed by atoms with Gasteiger partial charge in [0.05, 0.1) is 4.47 Å². The number of rotatable bonds is 2. The van der Waals surface area contributed by atoms with E-state index in [0.29, 0.717) is 10.0 Å². The van der Waals surface area contributed by atoms with Crippen molar-refractivity contribution in [2.45, 2.75) is 32.0 Å². The molecule has 2 aromatic rings. The van der Waals surface area contributed by atoms with Crippen LogP contribution in [-0.4, -0.2) is 10.7 Å². The highest BCUT2D eigenvalue weighted by Gasteiger charge is 2.30. The molecule has 1 N–H and O–H groups in total. The van der Waals surface area contributed by atoms with Crippen LogP contribution in [0, 0.1) is 5.82 Å².